The maximum absolute atomic E-state index is 11.6. The number of carbonyl (C=O) groups excluding carboxylic acids is 1. The molecule has 0 aliphatic rings. The molecule has 0 radical (unpaired) electrons. The summed E-state index contributed by atoms with van der Waals surface area (Å²) in [5, 5.41) is 12.9. The number of hydrogen-bond acceptors (Lipinski definition) is 5. The number of anilines is 2. The lowest BCUT2D eigenvalue weighted by molar-refractivity contribution is 0.0993. The highest BCUT2D eigenvalue weighted by atomic mass is 32.1. The molecule has 0 unspecified atom stereocenters. The van der Waals surface area contributed by atoms with Gasteiger partial charge >= 0.3 is 0 Å². The first-order valence-electron chi connectivity index (χ1n) is 5.60. The molecule has 3 N–H and O–H groups in total. The van der Waals surface area contributed by atoms with Crippen LogP contribution in [0, 0.1) is 17.2 Å². The SMILES string of the molecule is CCC(=O)c1sc(NCC(C)C)c(C#N)c1N. The van der Waals surface area contributed by atoms with Gasteiger partial charge < -0.3 is 11.1 Å². The molecule has 0 saturated carbocycles. The minimum atomic E-state index is -0.0124. The topological polar surface area (TPSA) is 78.9 Å². The highest BCUT2D eigenvalue weighted by molar-refractivity contribution is 7.19. The summed E-state index contributed by atoms with van der Waals surface area (Å²) in [5.41, 5.74) is 6.54. The van der Waals surface area contributed by atoms with Gasteiger partial charge in [-0.05, 0) is 5.92 Å². The van der Waals surface area contributed by atoms with E-state index in [0.29, 0.717) is 33.5 Å². The summed E-state index contributed by atoms with van der Waals surface area (Å²) in [6.07, 6.45) is 0.402. The van der Waals surface area contributed by atoms with E-state index >= 15 is 0 Å². The van der Waals surface area contributed by atoms with E-state index < -0.39 is 0 Å². The van der Waals surface area contributed by atoms with Gasteiger partial charge in [0, 0.05) is 13.0 Å². The van der Waals surface area contributed by atoms with Crippen LogP contribution in [0.3, 0.4) is 0 Å². The summed E-state index contributed by atoms with van der Waals surface area (Å²) < 4.78 is 0. The number of nitrogen functional groups attached to an aromatic ring is 1. The minimum Gasteiger partial charge on any atom is -0.396 e. The molecular formula is C12H17N3OS. The van der Waals surface area contributed by atoms with Crippen molar-refractivity contribution in [1.29, 1.82) is 5.26 Å². The molecule has 1 aromatic heterocycles. The lowest BCUT2D eigenvalue weighted by Gasteiger charge is -2.06. The molecule has 1 heterocycles. The van der Waals surface area contributed by atoms with Gasteiger partial charge in [0.1, 0.15) is 16.6 Å². The van der Waals surface area contributed by atoms with Crippen LogP contribution >= 0.6 is 11.3 Å². The van der Waals surface area contributed by atoms with Gasteiger partial charge in [0.15, 0.2) is 5.78 Å². The summed E-state index contributed by atoms with van der Waals surface area (Å²) >= 11 is 1.28. The number of ketones is 1. The van der Waals surface area contributed by atoms with Gasteiger partial charge in [0.25, 0.3) is 0 Å². The predicted molar refractivity (Wildman–Crippen MR) is 71.4 cm³/mol. The van der Waals surface area contributed by atoms with E-state index in [1.165, 1.54) is 11.3 Å². The maximum Gasteiger partial charge on any atom is 0.174 e. The predicted octanol–water partition coefficient (Wildman–Crippen LogP) is 2.86. The van der Waals surface area contributed by atoms with Crippen LogP contribution in [0.5, 0.6) is 0 Å². The number of nitrogens with two attached hydrogens (primary N) is 1. The summed E-state index contributed by atoms with van der Waals surface area (Å²) in [6.45, 7) is 6.70. The zero-order valence-electron chi connectivity index (χ0n) is 10.3. The molecule has 0 bridgehead atoms. The van der Waals surface area contributed by atoms with E-state index in [4.69, 9.17) is 11.0 Å². The molecule has 0 aliphatic carbocycles. The Morgan fingerprint density at radius 1 is 1.59 bits per heavy atom. The Morgan fingerprint density at radius 3 is 2.71 bits per heavy atom. The normalized spacial score (nSPS) is 10.3. The van der Waals surface area contributed by atoms with E-state index in [9.17, 15) is 4.79 Å². The molecule has 0 spiro atoms. The number of rotatable bonds is 5. The number of nitrogens with one attached hydrogen (secondary N) is 1. The second kappa shape index (κ2) is 5.69. The number of hydrogen-bond donors (Lipinski definition) is 2. The van der Waals surface area contributed by atoms with Crippen LogP contribution in [0.15, 0.2) is 0 Å². The standard InChI is InChI=1S/C12H17N3OS/c1-4-9(16)11-10(14)8(5-13)12(17-11)15-6-7(2)3/h7,15H,4,6,14H2,1-3H3. The van der Waals surface area contributed by atoms with Crippen molar-refractivity contribution in [2.24, 2.45) is 5.92 Å². The van der Waals surface area contributed by atoms with Gasteiger partial charge in [-0.2, -0.15) is 5.26 Å². The van der Waals surface area contributed by atoms with Crippen molar-refractivity contribution in [3.05, 3.63) is 10.4 Å². The molecule has 1 rings (SSSR count). The fourth-order valence-corrected chi connectivity index (χ4v) is 2.43. The Balaban J connectivity index is 3.06. The molecule has 1 aromatic rings. The van der Waals surface area contributed by atoms with Gasteiger partial charge in [-0.15, -0.1) is 11.3 Å². The van der Waals surface area contributed by atoms with Crippen molar-refractivity contribution in [3.63, 3.8) is 0 Å². The smallest absolute Gasteiger partial charge is 0.174 e. The van der Waals surface area contributed by atoms with Gasteiger partial charge in [-0.1, -0.05) is 20.8 Å². The van der Waals surface area contributed by atoms with Crippen LogP contribution in [-0.2, 0) is 0 Å². The van der Waals surface area contributed by atoms with Crippen LogP contribution in [-0.4, -0.2) is 12.3 Å². The minimum absolute atomic E-state index is 0.0124. The van der Waals surface area contributed by atoms with Gasteiger partial charge in [-0.25, -0.2) is 0 Å². The van der Waals surface area contributed by atoms with Gasteiger partial charge in [0.2, 0.25) is 0 Å². The Morgan fingerprint density at radius 2 is 2.24 bits per heavy atom. The summed E-state index contributed by atoms with van der Waals surface area (Å²) in [4.78, 5) is 12.1. The lowest BCUT2D eigenvalue weighted by atomic mass is 10.2. The Hall–Kier alpha value is -1.54. The highest BCUT2D eigenvalue weighted by Gasteiger charge is 2.19. The van der Waals surface area contributed by atoms with E-state index in [0.717, 1.165) is 6.54 Å². The average Bonchev–Trinajstić information content (AvgIpc) is 2.62. The van der Waals surface area contributed by atoms with Crippen LogP contribution in [0.25, 0.3) is 0 Å². The first-order valence-corrected chi connectivity index (χ1v) is 6.42. The second-order valence-corrected chi connectivity index (χ2v) is 5.23. The monoisotopic (exact) mass is 251 g/mol. The summed E-state index contributed by atoms with van der Waals surface area (Å²) in [5.74, 6) is 0.455. The molecule has 0 aliphatic heterocycles. The van der Waals surface area contributed by atoms with Gasteiger partial charge in [-0.3, -0.25) is 4.79 Å². The fraction of sp³-hybridized carbons (Fsp3) is 0.500. The van der Waals surface area contributed by atoms with E-state index in [-0.39, 0.29) is 5.78 Å². The van der Waals surface area contributed by atoms with Gasteiger partial charge in [0.05, 0.1) is 10.6 Å². The number of nitriles is 1. The molecule has 0 fully saturated rings. The van der Waals surface area contributed by atoms with E-state index in [1.807, 2.05) is 0 Å². The average molecular weight is 251 g/mol. The molecule has 4 nitrogen and oxygen atoms in total. The molecule has 5 heteroatoms. The van der Waals surface area contributed by atoms with E-state index in [2.05, 4.69) is 25.2 Å². The first kappa shape index (κ1) is 13.5. The molecule has 0 amide bonds. The van der Waals surface area contributed by atoms with Crippen molar-refractivity contribution in [2.45, 2.75) is 27.2 Å². The molecule has 92 valence electrons. The Labute approximate surface area is 105 Å². The largest absolute Gasteiger partial charge is 0.396 e. The molecular weight excluding hydrogens is 234 g/mol. The quantitative estimate of drug-likeness (QED) is 0.789. The van der Waals surface area contributed by atoms with Crippen molar-refractivity contribution in [1.82, 2.24) is 0 Å². The number of carbonyl (C=O) groups is 1. The van der Waals surface area contributed by atoms with Crippen molar-refractivity contribution >= 4 is 27.8 Å². The van der Waals surface area contributed by atoms with Crippen molar-refractivity contribution in [2.75, 3.05) is 17.6 Å². The fourth-order valence-electron chi connectivity index (χ4n) is 1.34. The van der Waals surface area contributed by atoms with E-state index in [1.54, 1.807) is 6.92 Å². The summed E-state index contributed by atoms with van der Waals surface area (Å²) in [6, 6.07) is 2.06. The molecule has 0 saturated heterocycles. The Bertz CT molecular complexity index is 457. The number of thiophene rings is 1. The third-order valence-electron chi connectivity index (χ3n) is 2.30. The van der Waals surface area contributed by atoms with Crippen molar-refractivity contribution < 1.29 is 4.79 Å². The molecule has 0 aromatic carbocycles. The molecule has 0 atom stereocenters. The maximum atomic E-state index is 11.6. The number of Topliss-reactive ketones (excluding diaryl/α,β-unsaturated/α-hetero) is 1. The van der Waals surface area contributed by atoms with Crippen LogP contribution in [0.1, 0.15) is 42.4 Å². The molecule has 17 heavy (non-hydrogen) atoms. The third kappa shape index (κ3) is 2.98. The third-order valence-corrected chi connectivity index (χ3v) is 3.51. The van der Waals surface area contributed by atoms with Crippen LogP contribution in [0.4, 0.5) is 10.7 Å². The van der Waals surface area contributed by atoms with Crippen LogP contribution in [0.2, 0.25) is 0 Å². The second-order valence-electron chi connectivity index (χ2n) is 4.21. The zero-order chi connectivity index (χ0) is 13.0. The summed E-state index contributed by atoms with van der Waals surface area (Å²) in [7, 11) is 0. The van der Waals surface area contributed by atoms with Crippen molar-refractivity contribution in [3.8, 4) is 6.07 Å². The first-order chi connectivity index (χ1) is 8.01. The highest BCUT2D eigenvalue weighted by Crippen LogP contribution is 2.35. The number of nitrogens with zero attached hydrogens (tertiary/aromatic N) is 1. The zero-order valence-corrected chi connectivity index (χ0v) is 11.1. The van der Waals surface area contributed by atoms with Crippen LogP contribution < -0.4 is 11.1 Å². The Kier molecular flexibility index (Phi) is 4.53. The lowest BCUT2D eigenvalue weighted by Crippen LogP contribution is -2.07.